The first kappa shape index (κ1) is 15.5. The van der Waals surface area contributed by atoms with Gasteiger partial charge >= 0.3 is 0 Å². The molecule has 0 fully saturated rings. The Hall–Kier alpha value is -1.85. The monoisotopic (exact) mass is 304 g/mol. The second-order valence-electron chi connectivity index (χ2n) is 5.07. The van der Waals surface area contributed by atoms with Crippen LogP contribution in [-0.2, 0) is 22.9 Å². The molecule has 0 heterocycles. The maximum absolute atomic E-state index is 11.9. The molecule has 0 aliphatic carbocycles. The Morgan fingerprint density at radius 2 is 1.57 bits per heavy atom. The predicted octanol–water partition coefficient (Wildman–Crippen LogP) is 2.19. The number of sulfone groups is 1. The van der Waals surface area contributed by atoms with E-state index in [1.165, 1.54) is 6.26 Å². The average Bonchev–Trinajstić information content (AvgIpc) is 2.47. The highest BCUT2D eigenvalue weighted by atomic mass is 32.2. The highest BCUT2D eigenvalue weighted by Gasteiger charge is 2.16. The Kier molecular flexibility index (Phi) is 4.65. The van der Waals surface area contributed by atoms with Crippen LogP contribution in [0.25, 0.3) is 0 Å². The van der Waals surface area contributed by atoms with E-state index in [0.717, 1.165) is 11.1 Å². The van der Waals surface area contributed by atoms with Crippen LogP contribution in [0.5, 0.6) is 0 Å². The average molecular weight is 304 g/mol. The molecule has 2 aromatic rings. The van der Waals surface area contributed by atoms with Crippen molar-refractivity contribution in [2.24, 2.45) is 5.73 Å². The standard InChI is InChI=1S/C16H20N2O2S/c1-18(12-14-8-4-3-7-13(14)11-17)15-9-5-6-10-16(15)21(2,19)20/h3-10H,11-12,17H2,1-2H3. The summed E-state index contributed by atoms with van der Waals surface area (Å²) in [6, 6.07) is 15.0. The molecule has 5 heteroatoms. The molecule has 112 valence electrons. The van der Waals surface area contributed by atoms with E-state index in [0.29, 0.717) is 23.7 Å². The number of hydrogen-bond acceptors (Lipinski definition) is 4. The molecule has 4 nitrogen and oxygen atoms in total. The van der Waals surface area contributed by atoms with Gasteiger partial charge in [0.2, 0.25) is 0 Å². The zero-order valence-corrected chi connectivity index (χ0v) is 13.1. The second kappa shape index (κ2) is 6.28. The van der Waals surface area contributed by atoms with Gasteiger partial charge in [-0.05, 0) is 23.3 Å². The van der Waals surface area contributed by atoms with Crippen LogP contribution >= 0.6 is 0 Å². The number of nitrogens with two attached hydrogens (primary N) is 1. The molecule has 0 aliphatic heterocycles. The van der Waals surface area contributed by atoms with Crippen molar-refractivity contribution in [1.29, 1.82) is 0 Å². The third kappa shape index (κ3) is 3.62. The van der Waals surface area contributed by atoms with Gasteiger partial charge in [-0.2, -0.15) is 0 Å². The van der Waals surface area contributed by atoms with Crippen LogP contribution in [-0.4, -0.2) is 21.7 Å². The normalized spacial score (nSPS) is 11.4. The van der Waals surface area contributed by atoms with Crippen molar-refractivity contribution in [1.82, 2.24) is 0 Å². The minimum Gasteiger partial charge on any atom is -0.369 e. The van der Waals surface area contributed by atoms with E-state index in [-0.39, 0.29) is 0 Å². The van der Waals surface area contributed by atoms with Crippen LogP contribution < -0.4 is 10.6 Å². The van der Waals surface area contributed by atoms with E-state index >= 15 is 0 Å². The molecule has 2 aromatic carbocycles. The summed E-state index contributed by atoms with van der Waals surface area (Å²) in [6.45, 7) is 1.08. The van der Waals surface area contributed by atoms with Crippen molar-refractivity contribution >= 4 is 15.5 Å². The molecule has 0 amide bonds. The topological polar surface area (TPSA) is 63.4 Å². The lowest BCUT2D eigenvalue weighted by Gasteiger charge is -2.23. The van der Waals surface area contributed by atoms with Gasteiger partial charge in [-0.15, -0.1) is 0 Å². The Balaban J connectivity index is 2.36. The largest absolute Gasteiger partial charge is 0.369 e. The fraction of sp³-hybridized carbons (Fsp3) is 0.250. The van der Waals surface area contributed by atoms with E-state index in [1.807, 2.05) is 48.3 Å². The summed E-state index contributed by atoms with van der Waals surface area (Å²) in [7, 11) is -1.37. The van der Waals surface area contributed by atoms with E-state index < -0.39 is 9.84 Å². The molecular weight excluding hydrogens is 284 g/mol. The van der Waals surface area contributed by atoms with Crippen molar-refractivity contribution in [2.45, 2.75) is 18.0 Å². The summed E-state index contributed by atoms with van der Waals surface area (Å²) in [5, 5.41) is 0. The third-order valence-electron chi connectivity index (χ3n) is 3.42. The molecule has 0 aromatic heterocycles. The van der Waals surface area contributed by atoms with E-state index in [2.05, 4.69) is 0 Å². The summed E-state index contributed by atoms with van der Waals surface area (Å²) in [4.78, 5) is 2.28. The van der Waals surface area contributed by atoms with Crippen LogP contribution in [0.1, 0.15) is 11.1 Å². The van der Waals surface area contributed by atoms with Crippen molar-refractivity contribution in [3.8, 4) is 0 Å². The van der Waals surface area contributed by atoms with Gasteiger partial charge in [0.1, 0.15) is 0 Å². The van der Waals surface area contributed by atoms with Crippen molar-refractivity contribution < 1.29 is 8.42 Å². The molecule has 0 bridgehead atoms. The first-order chi connectivity index (χ1) is 9.93. The molecule has 21 heavy (non-hydrogen) atoms. The fourth-order valence-electron chi connectivity index (χ4n) is 2.34. The molecule has 0 aliphatic rings. The lowest BCUT2D eigenvalue weighted by Crippen LogP contribution is -2.20. The summed E-state index contributed by atoms with van der Waals surface area (Å²) in [5.41, 5.74) is 8.62. The Labute approximate surface area is 126 Å². The highest BCUT2D eigenvalue weighted by molar-refractivity contribution is 7.90. The van der Waals surface area contributed by atoms with Gasteiger partial charge in [-0.3, -0.25) is 0 Å². The van der Waals surface area contributed by atoms with Gasteiger partial charge in [0.25, 0.3) is 0 Å². The molecule has 0 radical (unpaired) electrons. The summed E-state index contributed by atoms with van der Waals surface area (Å²) >= 11 is 0. The lowest BCUT2D eigenvalue weighted by atomic mass is 10.1. The van der Waals surface area contributed by atoms with Gasteiger partial charge < -0.3 is 10.6 Å². The summed E-state index contributed by atoms with van der Waals surface area (Å²) < 4.78 is 23.8. The Bertz CT molecular complexity index is 727. The quantitative estimate of drug-likeness (QED) is 0.919. The van der Waals surface area contributed by atoms with Crippen molar-refractivity contribution in [3.05, 3.63) is 59.7 Å². The number of rotatable bonds is 5. The molecule has 0 unspecified atom stereocenters. The van der Waals surface area contributed by atoms with Gasteiger partial charge in [-0.25, -0.2) is 8.42 Å². The van der Waals surface area contributed by atoms with Gasteiger partial charge in [0.15, 0.2) is 9.84 Å². The molecule has 0 atom stereocenters. The van der Waals surface area contributed by atoms with Gasteiger partial charge in [0.05, 0.1) is 10.6 Å². The SMILES string of the molecule is CN(Cc1ccccc1CN)c1ccccc1S(C)(=O)=O. The highest BCUT2D eigenvalue weighted by Crippen LogP contribution is 2.25. The fourth-order valence-corrected chi connectivity index (χ4v) is 3.27. The van der Waals surface area contributed by atoms with Crippen LogP contribution in [0.4, 0.5) is 5.69 Å². The maximum Gasteiger partial charge on any atom is 0.177 e. The minimum atomic E-state index is -3.25. The number of para-hydroxylation sites is 1. The van der Waals surface area contributed by atoms with Gasteiger partial charge in [-0.1, -0.05) is 36.4 Å². The minimum absolute atomic E-state index is 0.345. The van der Waals surface area contributed by atoms with E-state index in [1.54, 1.807) is 12.1 Å². The molecule has 0 saturated carbocycles. The van der Waals surface area contributed by atoms with Crippen LogP contribution in [0, 0.1) is 0 Å². The number of anilines is 1. The van der Waals surface area contributed by atoms with E-state index in [4.69, 9.17) is 5.73 Å². The van der Waals surface area contributed by atoms with Crippen molar-refractivity contribution in [3.63, 3.8) is 0 Å². The molecular formula is C16H20N2O2S. The molecule has 2 rings (SSSR count). The van der Waals surface area contributed by atoms with Gasteiger partial charge in [0, 0.05) is 26.4 Å². The first-order valence-electron chi connectivity index (χ1n) is 6.70. The lowest BCUT2D eigenvalue weighted by molar-refractivity contribution is 0.601. The molecule has 2 N–H and O–H groups in total. The molecule has 0 saturated heterocycles. The predicted molar refractivity (Wildman–Crippen MR) is 86.0 cm³/mol. The zero-order chi connectivity index (χ0) is 15.5. The Morgan fingerprint density at radius 3 is 2.19 bits per heavy atom. The Morgan fingerprint density at radius 1 is 1.00 bits per heavy atom. The number of hydrogen-bond donors (Lipinski definition) is 1. The second-order valence-corrected chi connectivity index (χ2v) is 7.05. The van der Waals surface area contributed by atoms with Crippen LogP contribution in [0.3, 0.4) is 0 Å². The summed E-state index contributed by atoms with van der Waals surface area (Å²) in [5.74, 6) is 0. The number of benzene rings is 2. The zero-order valence-electron chi connectivity index (χ0n) is 12.3. The molecule has 0 spiro atoms. The summed E-state index contributed by atoms with van der Waals surface area (Å²) in [6.07, 6.45) is 1.23. The first-order valence-corrected chi connectivity index (χ1v) is 8.59. The van der Waals surface area contributed by atoms with Crippen LogP contribution in [0.15, 0.2) is 53.4 Å². The van der Waals surface area contributed by atoms with E-state index in [9.17, 15) is 8.42 Å². The smallest absolute Gasteiger partial charge is 0.177 e. The van der Waals surface area contributed by atoms with Crippen LogP contribution in [0.2, 0.25) is 0 Å². The van der Waals surface area contributed by atoms with Crippen molar-refractivity contribution in [2.75, 3.05) is 18.2 Å². The maximum atomic E-state index is 11.9. The third-order valence-corrected chi connectivity index (χ3v) is 4.57. The number of nitrogens with zero attached hydrogens (tertiary/aromatic N) is 1.